The Morgan fingerprint density at radius 1 is 1.24 bits per heavy atom. The summed E-state index contributed by atoms with van der Waals surface area (Å²) in [6.07, 6.45) is 0.811. The molecule has 2 N–H and O–H groups in total. The van der Waals surface area contributed by atoms with E-state index in [4.69, 9.17) is 4.74 Å². The molecule has 1 aromatic carbocycles. The summed E-state index contributed by atoms with van der Waals surface area (Å²) in [4.78, 5) is 12.3. The Hall–Kier alpha value is -2.50. The first kappa shape index (κ1) is 18.8. The van der Waals surface area contributed by atoms with Crippen LogP contribution >= 0.6 is 0 Å². The zero-order chi connectivity index (χ0) is 18.4. The van der Waals surface area contributed by atoms with Crippen LogP contribution in [-0.4, -0.2) is 22.9 Å². The van der Waals surface area contributed by atoms with Crippen molar-refractivity contribution in [3.05, 3.63) is 46.8 Å². The molecule has 0 bridgehead atoms. The highest BCUT2D eigenvalue weighted by molar-refractivity contribution is 5.74. The molecule has 2 rings (SSSR count). The number of hydrogen-bond acceptors (Lipinski definition) is 3. The van der Waals surface area contributed by atoms with Gasteiger partial charge in [0.25, 0.3) is 0 Å². The van der Waals surface area contributed by atoms with Gasteiger partial charge in [0.05, 0.1) is 18.8 Å². The van der Waals surface area contributed by atoms with Crippen LogP contribution in [0.3, 0.4) is 0 Å². The van der Waals surface area contributed by atoms with Gasteiger partial charge in [-0.1, -0.05) is 19.1 Å². The van der Waals surface area contributed by atoms with Crippen molar-refractivity contribution in [2.75, 3.05) is 7.11 Å². The fourth-order valence-electron chi connectivity index (χ4n) is 2.93. The average Bonchev–Trinajstić information content (AvgIpc) is 2.91. The second kappa shape index (κ2) is 8.55. The fraction of sp³-hybridized carbons (Fsp3) is 0.474. The monoisotopic (exact) mass is 344 g/mol. The van der Waals surface area contributed by atoms with Crippen molar-refractivity contribution in [1.29, 1.82) is 0 Å². The number of carbonyl (C=O) groups is 1. The van der Waals surface area contributed by atoms with E-state index in [1.807, 2.05) is 42.8 Å². The first-order chi connectivity index (χ1) is 12.0. The molecule has 0 fully saturated rings. The maximum Gasteiger partial charge on any atom is 0.315 e. The molecule has 1 aromatic heterocycles. The third kappa shape index (κ3) is 4.53. The summed E-state index contributed by atoms with van der Waals surface area (Å²) in [7, 11) is 1.64. The third-order valence-corrected chi connectivity index (χ3v) is 4.49. The van der Waals surface area contributed by atoms with E-state index in [1.54, 1.807) is 7.11 Å². The van der Waals surface area contributed by atoms with Gasteiger partial charge in [-0.15, -0.1) is 0 Å². The minimum atomic E-state index is -0.175. The highest BCUT2D eigenvalue weighted by atomic mass is 16.5. The van der Waals surface area contributed by atoms with E-state index in [0.29, 0.717) is 6.54 Å². The molecule has 2 amide bonds. The number of hydrogen-bond donors (Lipinski definition) is 2. The van der Waals surface area contributed by atoms with Crippen LogP contribution in [-0.2, 0) is 13.1 Å². The number of methoxy groups -OCH3 is 1. The van der Waals surface area contributed by atoms with E-state index in [-0.39, 0.29) is 12.1 Å². The predicted octanol–water partition coefficient (Wildman–Crippen LogP) is 3.48. The molecule has 0 spiro atoms. The molecule has 0 radical (unpaired) electrons. The number of carbonyl (C=O) groups excluding carboxylic acids is 1. The zero-order valence-corrected chi connectivity index (χ0v) is 15.7. The van der Waals surface area contributed by atoms with E-state index in [9.17, 15) is 4.79 Å². The first-order valence-electron chi connectivity index (χ1n) is 8.71. The lowest BCUT2D eigenvalue weighted by atomic mass is 10.0. The molecule has 1 heterocycles. The summed E-state index contributed by atoms with van der Waals surface area (Å²) in [6, 6.07) is 7.56. The molecule has 1 atom stereocenters. The Morgan fingerprint density at radius 2 is 1.92 bits per heavy atom. The summed E-state index contributed by atoms with van der Waals surface area (Å²) in [6.45, 7) is 9.42. The summed E-state index contributed by atoms with van der Waals surface area (Å²) in [5.74, 6) is 0.807. The van der Waals surface area contributed by atoms with Gasteiger partial charge < -0.3 is 15.4 Å². The first-order valence-corrected chi connectivity index (χ1v) is 8.71. The summed E-state index contributed by atoms with van der Waals surface area (Å²) in [5.41, 5.74) is 4.20. The normalized spacial score (nSPS) is 11.9. The Morgan fingerprint density at radius 3 is 2.44 bits per heavy atom. The fourth-order valence-corrected chi connectivity index (χ4v) is 2.93. The van der Waals surface area contributed by atoms with Crippen LogP contribution in [0.5, 0.6) is 5.75 Å². The average molecular weight is 344 g/mol. The number of aryl methyl sites for hydroxylation is 2. The maximum absolute atomic E-state index is 12.3. The zero-order valence-electron chi connectivity index (χ0n) is 15.7. The van der Waals surface area contributed by atoms with Crippen LogP contribution in [0, 0.1) is 13.8 Å². The van der Waals surface area contributed by atoms with Gasteiger partial charge in [-0.3, -0.25) is 4.68 Å². The molecule has 136 valence electrons. The number of ether oxygens (including phenoxy) is 1. The highest BCUT2D eigenvalue weighted by Crippen LogP contribution is 2.20. The predicted molar refractivity (Wildman–Crippen MR) is 98.8 cm³/mol. The molecule has 25 heavy (non-hydrogen) atoms. The second-order valence-corrected chi connectivity index (χ2v) is 6.03. The van der Waals surface area contributed by atoms with Crippen molar-refractivity contribution in [3.63, 3.8) is 0 Å². The van der Waals surface area contributed by atoms with Crippen molar-refractivity contribution in [3.8, 4) is 5.75 Å². The molecule has 0 aliphatic rings. The molecule has 6 heteroatoms. The van der Waals surface area contributed by atoms with Gasteiger partial charge in [0.2, 0.25) is 0 Å². The molecule has 0 saturated carbocycles. The van der Waals surface area contributed by atoms with E-state index in [2.05, 4.69) is 29.6 Å². The number of nitrogens with one attached hydrogen (secondary N) is 2. The lowest BCUT2D eigenvalue weighted by Crippen LogP contribution is -2.37. The van der Waals surface area contributed by atoms with E-state index < -0.39 is 0 Å². The van der Waals surface area contributed by atoms with Crippen molar-refractivity contribution < 1.29 is 9.53 Å². The van der Waals surface area contributed by atoms with E-state index in [0.717, 1.165) is 41.2 Å². The quantitative estimate of drug-likeness (QED) is 0.808. The molecular formula is C19H28N4O2. The van der Waals surface area contributed by atoms with Crippen molar-refractivity contribution >= 4 is 6.03 Å². The van der Waals surface area contributed by atoms with Gasteiger partial charge >= 0.3 is 6.03 Å². The van der Waals surface area contributed by atoms with Crippen molar-refractivity contribution in [2.24, 2.45) is 0 Å². The van der Waals surface area contributed by atoms with Crippen LogP contribution in [0.2, 0.25) is 0 Å². The van der Waals surface area contributed by atoms with Gasteiger partial charge in [0.1, 0.15) is 5.75 Å². The second-order valence-electron chi connectivity index (χ2n) is 6.03. The summed E-state index contributed by atoms with van der Waals surface area (Å²) < 4.78 is 7.13. The standard InChI is InChI=1S/C19H28N4O2/c1-6-18(15-8-10-16(25-5)11-9-15)21-19(24)20-12-17-13(3)22-23(7-2)14(17)4/h8-11,18H,6-7,12H2,1-5H3,(H2,20,21,24). The van der Waals surface area contributed by atoms with Crippen LogP contribution in [0.15, 0.2) is 24.3 Å². The number of amides is 2. The molecular weight excluding hydrogens is 316 g/mol. The molecule has 0 aliphatic carbocycles. The minimum absolute atomic E-state index is 0.0357. The largest absolute Gasteiger partial charge is 0.497 e. The van der Waals surface area contributed by atoms with Gasteiger partial charge in [-0.25, -0.2) is 4.79 Å². The molecule has 1 unspecified atom stereocenters. The van der Waals surface area contributed by atoms with Gasteiger partial charge in [-0.05, 0) is 44.9 Å². The van der Waals surface area contributed by atoms with Crippen LogP contribution in [0.1, 0.15) is 48.8 Å². The number of rotatable bonds is 7. The number of benzene rings is 1. The smallest absolute Gasteiger partial charge is 0.315 e. The minimum Gasteiger partial charge on any atom is -0.497 e. The molecule has 6 nitrogen and oxygen atoms in total. The molecule has 0 aliphatic heterocycles. The summed E-state index contributed by atoms with van der Waals surface area (Å²) >= 11 is 0. The van der Waals surface area contributed by atoms with Crippen molar-refractivity contribution in [2.45, 2.75) is 53.2 Å². The van der Waals surface area contributed by atoms with Gasteiger partial charge in [0.15, 0.2) is 0 Å². The summed E-state index contributed by atoms with van der Waals surface area (Å²) in [5, 5.41) is 10.5. The van der Waals surface area contributed by atoms with Crippen molar-refractivity contribution in [1.82, 2.24) is 20.4 Å². The van der Waals surface area contributed by atoms with Crippen LogP contribution in [0.25, 0.3) is 0 Å². The Balaban J connectivity index is 1.97. The Kier molecular flexibility index (Phi) is 6.44. The Labute approximate surface area is 149 Å². The van der Waals surface area contributed by atoms with Gasteiger partial charge in [-0.2, -0.15) is 5.10 Å². The maximum atomic E-state index is 12.3. The topological polar surface area (TPSA) is 68.2 Å². The number of urea groups is 1. The number of nitrogens with zero attached hydrogens (tertiary/aromatic N) is 2. The lowest BCUT2D eigenvalue weighted by molar-refractivity contribution is 0.236. The third-order valence-electron chi connectivity index (χ3n) is 4.49. The molecule has 0 saturated heterocycles. The highest BCUT2D eigenvalue weighted by Gasteiger charge is 2.15. The van der Waals surface area contributed by atoms with E-state index >= 15 is 0 Å². The molecule has 2 aromatic rings. The number of aromatic nitrogens is 2. The van der Waals surface area contributed by atoms with Crippen LogP contribution in [0.4, 0.5) is 4.79 Å². The van der Waals surface area contributed by atoms with Gasteiger partial charge in [0, 0.05) is 24.3 Å². The van der Waals surface area contributed by atoms with E-state index in [1.165, 1.54) is 0 Å². The van der Waals surface area contributed by atoms with Crippen LogP contribution < -0.4 is 15.4 Å². The lowest BCUT2D eigenvalue weighted by Gasteiger charge is -2.18. The SMILES string of the molecule is CCC(NC(=O)NCc1c(C)nn(CC)c1C)c1ccc(OC)cc1. The Bertz CT molecular complexity index is 707.